The van der Waals surface area contributed by atoms with Gasteiger partial charge in [0.25, 0.3) is 5.91 Å². The van der Waals surface area contributed by atoms with Gasteiger partial charge in [0.15, 0.2) is 11.4 Å². The van der Waals surface area contributed by atoms with Crippen molar-refractivity contribution in [1.29, 1.82) is 0 Å². The number of carbonyl (C=O) groups excluding carboxylic acids is 3. The third-order valence-corrected chi connectivity index (χ3v) is 7.39. The smallest absolute Gasteiger partial charge is 0.255 e. The number of ketones is 2. The number of aliphatic hydroxyl groups excluding tert-OH is 2. The van der Waals surface area contributed by atoms with Gasteiger partial charge in [-0.3, -0.25) is 19.3 Å². The monoisotopic (exact) mass is 514 g/mol. The van der Waals surface area contributed by atoms with E-state index in [0.29, 0.717) is 0 Å². The first kappa shape index (κ1) is 26.0. The van der Waals surface area contributed by atoms with Gasteiger partial charge in [-0.05, 0) is 39.6 Å². The summed E-state index contributed by atoms with van der Waals surface area (Å²) in [6.45, 7) is 1.34. The Hall–Kier alpha value is -2.63. The van der Waals surface area contributed by atoms with Crippen molar-refractivity contribution in [2.45, 2.75) is 30.6 Å². The molecule has 0 saturated heterocycles. The highest BCUT2D eigenvalue weighted by Gasteiger charge is 2.66. The fraction of sp³-hybridized carbons (Fsp3) is 0.409. The highest BCUT2D eigenvalue weighted by atomic mass is 35.5. The Bertz CT molecular complexity index is 1210. The quantitative estimate of drug-likeness (QED) is 0.309. The molecule has 1 amide bonds. The molecule has 34 heavy (non-hydrogen) atoms. The second-order valence-electron chi connectivity index (χ2n) is 9.08. The SMILES string of the molecule is CN(C)[C@H]1C(=O)C(C(N)=O)=C(O)[C@]2(O)C(=O)C3=C(O)c4c(O)ccc(Cl)c4[C@@](C)(O)C3C[C@@H]12.Cl. The van der Waals surface area contributed by atoms with Gasteiger partial charge in [-0.2, -0.15) is 0 Å². The Kier molecular flexibility index (Phi) is 6.08. The molecule has 1 fully saturated rings. The molecule has 184 valence electrons. The summed E-state index contributed by atoms with van der Waals surface area (Å²) < 4.78 is 0. The molecule has 0 bridgehead atoms. The van der Waals surface area contributed by atoms with Gasteiger partial charge in [0.05, 0.1) is 17.2 Å². The molecule has 0 aliphatic heterocycles. The summed E-state index contributed by atoms with van der Waals surface area (Å²) in [5.41, 5.74) is -1.10. The maximum atomic E-state index is 13.7. The zero-order valence-corrected chi connectivity index (χ0v) is 19.9. The highest BCUT2D eigenvalue weighted by Crippen LogP contribution is 2.58. The minimum atomic E-state index is -2.78. The number of likely N-dealkylation sites (N-methyl/N-ethyl adjacent to an activating group) is 1. The number of halogens is 2. The van der Waals surface area contributed by atoms with Crippen molar-refractivity contribution in [2.24, 2.45) is 17.6 Å². The van der Waals surface area contributed by atoms with Crippen LogP contribution >= 0.6 is 24.0 Å². The Balaban J connectivity index is 0.00000324. The molecule has 1 saturated carbocycles. The second kappa shape index (κ2) is 7.96. The van der Waals surface area contributed by atoms with Crippen LogP contribution in [0.2, 0.25) is 5.02 Å². The first-order valence-corrected chi connectivity index (χ1v) is 10.5. The minimum absolute atomic E-state index is 0. The maximum Gasteiger partial charge on any atom is 0.255 e. The molecule has 0 heterocycles. The lowest BCUT2D eigenvalue weighted by atomic mass is 9.54. The maximum absolute atomic E-state index is 13.7. The number of hydrogen-bond donors (Lipinski definition) is 6. The number of amides is 1. The number of fused-ring (bicyclic) bond motifs is 3. The molecule has 4 rings (SSSR count). The van der Waals surface area contributed by atoms with Crippen molar-refractivity contribution >= 4 is 47.2 Å². The van der Waals surface area contributed by atoms with Gasteiger partial charge in [0.2, 0.25) is 5.78 Å². The van der Waals surface area contributed by atoms with Crippen LogP contribution in [0, 0.1) is 11.8 Å². The average molecular weight is 515 g/mol. The molecule has 0 spiro atoms. The van der Waals surface area contributed by atoms with Gasteiger partial charge in [-0.15, -0.1) is 12.4 Å². The molecular formula is C22H24Cl2N2O8. The molecule has 0 aromatic heterocycles. The van der Waals surface area contributed by atoms with Gasteiger partial charge in [0, 0.05) is 28.0 Å². The summed E-state index contributed by atoms with van der Waals surface area (Å²) in [7, 11) is 2.97. The van der Waals surface area contributed by atoms with E-state index in [1.54, 1.807) is 0 Å². The number of aromatic hydroxyl groups is 1. The van der Waals surface area contributed by atoms with Crippen molar-refractivity contribution in [3.05, 3.63) is 45.2 Å². The number of phenols is 1. The van der Waals surface area contributed by atoms with Crippen LogP contribution in [0.4, 0.5) is 0 Å². The molecule has 3 aliphatic rings. The zero-order chi connectivity index (χ0) is 24.8. The normalized spacial score (nSPS) is 32.7. The van der Waals surface area contributed by atoms with Gasteiger partial charge < -0.3 is 31.3 Å². The van der Waals surface area contributed by atoms with E-state index in [9.17, 15) is 39.9 Å². The van der Waals surface area contributed by atoms with Crippen molar-refractivity contribution < 1.29 is 39.9 Å². The van der Waals surface area contributed by atoms with E-state index in [4.69, 9.17) is 17.3 Å². The first-order valence-electron chi connectivity index (χ1n) is 10.1. The van der Waals surface area contributed by atoms with Crippen LogP contribution in [0.15, 0.2) is 29.0 Å². The van der Waals surface area contributed by atoms with E-state index in [1.165, 1.54) is 38.1 Å². The highest BCUT2D eigenvalue weighted by molar-refractivity contribution is 6.32. The fourth-order valence-corrected chi connectivity index (χ4v) is 5.93. The van der Waals surface area contributed by atoms with Crippen LogP contribution < -0.4 is 5.73 Å². The van der Waals surface area contributed by atoms with Crippen molar-refractivity contribution in [3.8, 4) is 5.75 Å². The lowest BCUT2D eigenvalue weighted by Gasteiger charge is -2.53. The summed E-state index contributed by atoms with van der Waals surface area (Å²) in [6.07, 6.45) is -0.259. The van der Waals surface area contributed by atoms with Crippen molar-refractivity contribution in [1.82, 2.24) is 4.90 Å². The number of nitrogens with two attached hydrogens (primary N) is 1. The number of aliphatic hydroxyl groups is 4. The molecule has 1 aromatic rings. The van der Waals surface area contributed by atoms with Crippen LogP contribution in [-0.2, 0) is 20.0 Å². The van der Waals surface area contributed by atoms with Crippen LogP contribution in [0.25, 0.3) is 5.76 Å². The Labute approximate surface area is 205 Å². The molecule has 0 radical (unpaired) electrons. The summed E-state index contributed by atoms with van der Waals surface area (Å²) in [5, 5.41) is 55.2. The number of carbonyl (C=O) groups is 3. The molecular weight excluding hydrogens is 491 g/mol. The molecule has 1 aromatic carbocycles. The Morgan fingerprint density at radius 1 is 1.18 bits per heavy atom. The van der Waals surface area contributed by atoms with Gasteiger partial charge in [0.1, 0.15) is 22.8 Å². The molecule has 10 nitrogen and oxygen atoms in total. The third kappa shape index (κ3) is 3.03. The topological polar surface area (TPSA) is 182 Å². The number of nitrogens with zero attached hydrogens (tertiary/aromatic N) is 1. The van der Waals surface area contributed by atoms with Gasteiger partial charge in [-0.1, -0.05) is 11.6 Å². The standard InChI is InChI=1S/C22H23ClN2O8.ClH/c1-21(32)7-6-8-15(25(2)3)17(28)13(20(24)31)19(30)22(8,33)18(29)11(7)16(27)12-10(26)5-4-9(23)14(12)21;/h4-5,7-8,15,26-27,30,32-33H,6H2,1-3H3,(H2,24,31);1H/t7?,8-,15+,21-,22+;/m0./s1. The third-order valence-electron chi connectivity index (χ3n) is 7.07. The minimum Gasteiger partial charge on any atom is -0.508 e. The summed E-state index contributed by atoms with van der Waals surface area (Å²) in [6, 6.07) is 1.24. The van der Waals surface area contributed by atoms with Crippen molar-refractivity contribution in [3.63, 3.8) is 0 Å². The van der Waals surface area contributed by atoms with E-state index in [2.05, 4.69) is 0 Å². The van der Waals surface area contributed by atoms with Crippen molar-refractivity contribution in [2.75, 3.05) is 14.1 Å². The average Bonchev–Trinajstić information content (AvgIpc) is 2.69. The van der Waals surface area contributed by atoms with E-state index < -0.39 is 75.0 Å². The Morgan fingerprint density at radius 2 is 1.76 bits per heavy atom. The number of benzene rings is 1. The predicted octanol–water partition coefficient (Wildman–Crippen LogP) is 0.704. The second-order valence-corrected chi connectivity index (χ2v) is 9.48. The van der Waals surface area contributed by atoms with E-state index in [-0.39, 0.29) is 35.0 Å². The van der Waals surface area contributed by atoms with E-state index in [0.717, 1.165) is 0 Å². The van der Waals surface area contributed by atoms with Crippen LogP contribution in [0.5, 0.6) is 5.75 Å². The van der Waals surface area contributed by atoms with E-state index in [1.807, 2.05) is 0 Å². The molecule has 1 unspecified atom stereocenters. The Morgan fingerprint density at radius 3 is 2.29 bits per heavy atom. The van der Waals surface area contributed by atoms with Crippen LogP contribution in [-0.4, -0.2) is 73.6 Å². The van der Waals surface area contributed by atoms with Crippen LogP contribution in [0.1, 0.15) is 24.5 Å². The molecule has 7 N–H and O–H groups in total. The number of phenolic OH excluding ortho intramolecular Hbond substituents is 1. The summed E-state index contributed by atoms with van der Waals surface area (Å²) in [4.78, 5) is 40.1. The molecule has 5 atom stereocenters. The fourth-order valence-electron chi connectivity index (χ4n) is 5.58. The number of Topliss-reactive ketones (excluding diaryl/α,β-unsaturated/α-hetero) is 2. The van der Waals surface area contributed by atoms with Gasteiger partial charge >= 0.3 is 0 Å². The summed E-state index contributed by atoms with van der Waals surface area (Å²) >= 11 is 6.28. The van der Waals surface area contributed by atoms with Crippen LogP contribution in [0.3, 0.4) is 0 Å². The number of hydrogen-bond acceptors (Lipinski definition) is 9. The number of rotatable bonds is 2. The first-order chi connectivity index (χ1) is 15.2. The molecule has 12 heteroatoms. The number of primary amides is 1. The summed E-state index contributed by atoms with van der Waals surface area (Å²) in [5.74, 6) is -8.30. The largest absolute Gasteiger partial charge is 0.508 e. The lowest BCUT2D eigenvalue weighted by Crippen LogP contribution is -2.67. The van der Waals surface area contributed by atoms with Gasteiger partial charge in [-0.25, -0.2) is 0 Å². The lowest BCUT2D eigenvalue weighted by molar-refractivity contribution is -0.159. The molecule has 3 aliphatic carbocycles. The van der Waals surface area contributed by atoms with E-state index >= 15 is 0 Å². The zero-order valence-electron chi connectivity index (χ0n) is 18.4. The predicted molar refractivity (Wildman–Crippen MR) is 122 cm³/mol.